The second-order valence-electron chi connectivity index (χ2n) is 5.69. The average molecular weight is 306 g/mol. The summed E-state index contributed by atoms with van der Waals surface area (Å²) in [4.78, 5) is 28.1. The molecule has 0 saturated carbocycles. The smallest absolute Gasteiger partial charge is 0.257 e. The van der Waals surface area contributed by atoms with Crippen LogP contribution < -0.4 is 0 Å². The van der Waals surface area contributed by atoms with E-state index in [1.807, 2.05) is 0 Å². The molecule has 1 aromatic rings. The molecule has 0 bridgehead atoms. The van der Waals surface area contributed by atoms with Crippen molar-refractivity contribution in [3.8, 4) is 0 Å². The molecule has 6 heteroatoms. The highest BCUT2D eigenvalue weighted by Crippen LogP contribution is 2.33. The van der Waals surface area contributed by atoms with Crippen LogP contribution >= 0.6 is 0 Å². The van der Waals surface area contributed by atoms with Gasteiger partial charge in [0, 0.05) is 26.6 Å². The van der Waals surface area contributed by atoms with Crippen LogP contribution in [0.4, 0.5) is 4.39 Å². The highest BCUT2D eigenvalue weighted by atomic mass is 19.1. The lowest BCUT2D eigenvalue weighted by molar-refractivity contribution is -0.129. The number of amides is 2. The minimum absolute atomic E-state index is 0.0263. The first-order valence-corrected chi connectivity index (χ1v) is 7.47. The Morgan fingerprint density at radius 1 is 1.36 bits per heavy atom. The van der Waals surface area contributed by atoms with E-state index < -0.39 is 5.82 Å². The Morgan fingerprint density at radius 3 is 2.86 bits per heavy atom. The van der Waals surface area contributed by atoms with E-state index >= 15 is 0 Å². The van der Waals surface area contributed by atoms with E-state index in [1.54, 1.807) is 29.0 Å². The number of carbonyl (C=O) groups excluding carboxylic acids is 2. The van der Waals surface area contributed by atoms with Crippen molar-refractivity contribution in [1.82, 2.24) is 9.80 Å². The molecule has 0 N–H and O–H groups in total. The Morgan fingerprint density at radius 2 is 2.14 bits per heavy atom. The molecule has 2 saturated heterocycles. The summed E-state index contributed by atoms with van der Waals surface area (Å²) in [7, 11) is 1.60. The second kappa shape index (κ2) is 6.04. The molecule has 118 valence electrons. The minimum Gasteiger partial charge on any atom is -0.383 e. The minimum atomic E-state index is -0.517. The van der Waals surface area contributed by atoms with Crippen LogP contribution in [0.25, 0.3) is 0 Å². The maximum Gasteiger partial charge on any atom is 0.257 e. The van der Waals surface area contributed by atoms with E-state index in [2.05, 4.69) is 0 Å². The number of methoxy groups -OCH3 is 1. The van der Waals surface area contributed by atoms with Gasteiger partial charge < -0.3 is 14.5 Å². The normalized spacial score (nSPS) is 24.0. The third-order valence-electron chi connectivity index (χ3n) is 4.52. The summed E-state index contributed by atoms with van der Waals surface area (Å²) in [5, 5.41) is 0. The summed E-state index contributed by atoms with van der Waals surface area (Å²) >= 11 is 0. The molecule has 0 spiro atoms. The van der Waals surface area contributed by atoms with Crippen LogP contribution in [0, 0.1) is 5.82 Å². The van der Waals surface area contributed by atoms with Crippen molar-refractivity contribution in [2.75, 3.05) is 26.8 Å². The van der Waals surface area contributed by atoms with Gasteiger partial charge in [0.1, 0.15) is 5.82 Å². The molecule has 2 amide bonds. The van der Waals surface area contributed by atoms with Crippen LogP contribution in [0.1, 0.15) is 23.2 Å². The van der Waals surface area contributed by atoms with Crippen molar-refractivity contribution in [2.24, 2.45) is 0 Å². The first-order valence-electron chi connectivity index (χ1n) is 7.47. The SMILES string of the molecule is COCCN1C(=O)C[C@@H]2[C@H]1CCN2C(=O)c1ccccc1F. The Hall–Kier alpha value is -1.95. The number of fused-ring (bicyclic) bond motifs is 1. The zero-order valence-electron chi connectivity index (χ0n) is 12.5. The Balaban J connectivity index is 1.77. The molecule has 2 aliphatic heterocycles. The lowest BCUT2D eigenvalue weighted by Crippen LogP contribution is -2.41. The summed E-state index contributed by atoms with van der Waals surface area (Å²) in [5.74, 6) is -0.804. The fourth-order valence-electron chi connectivity index (χ4n) is 3.45. The topological polar surface area (TPSA) is 49.9 Å². The number of nitrogens with zero attached hydrogens (tertiary/aromatic N) is 2. The number of carbonyl (C=O) groups is 2. The van der Waals surface area contributed by atoms with Crippen molar-refractivity contribution < 1.29 is 18.7 Å². The van der Waals surface area contributed by atoms with Crippen LogP contribution in [0.3, 0.4) is 0 Å². The molecule has 2 aliphatic rings. The van der Waals surface area contributed by atoms with Gasteiger partial charge in [-0.1, -0.05) is 12.1 Å². The fourth-order valence-corrected chi connectivity index (χ4v) is 3.45. The molecule has 0 radical (unpaired) electrons. The summed E-state index contributed by atoms with van der Waals surface area (Å²) < 4.78 is 18.9. The predicted octanol–water partition coefficient (Wildman–Crippen LogP) is 1.29. The van der Waals surface area contributed by atoms with E-state index in [0.29, 0.717) is 26.1 Å². The summed E-state index contributed by atoms with van der Waals surface area (Å²) in [5.41, 5.74) is 0.0749. The molecule has 2 heterocycles. The highest BCUT2D eigenvalue weighted by molar-refractivity contribution is 5.95. The van der Waals surface area contributed by atoms with Gasteiger partial charge in [0.15, 0.2) is 0 Å². The van der Waals surface area contributed by atoms with Crippen LogP contribution in [0.5, 0.6) is 0 Å². The molecule has 1 aromatic carbocycles. The Bertz CT molecular complexity index is 593. The van der Waals surface area contributed by atoms with Crippen molar-refractivity contribution in [2.45, 2.75) is 24.9 Å². The van der Waals surface area contributed by atoms with Gasteiger partial charge in [0.25, 0.3) is 5.91 Å². The van der Waals surface area contributed by atoms with Gasteiger partial charge in [0.05, 0.1) is 24.3 Å². The van der Waals surface area contributed by atoms with Gasteiger partial charge in [-0.2, -0.15) is 0 Å². The van der Waals surface area contributed by atoms with Gasteiger partial charge >= 0.3 is 0 Å². The molecule has 22 heavy (non-hydrogen) atoms. The monoisotopic (exact) mass is 306 g/mol. The Labute approximate surface area is 128 Å². The van der Waals surface area contributed by atoms with Crippen molar-refractivity contribution in [1.29, 1.82) is 0 Å². The summed E-state index contributed by atoms with van der Waals surface area (Å²) in [6.45, 7) is 1.58. The second-order valence-corrected chi connectivity index (χ2v) is 5.69. The van der Waals surface area contributed by atoms with Gasteiger partial charge in [-0.05, 0) is 18.6 Å². The number of likely N-dealkylation sites (tertiary alicyclic amines) is 2. The maximum atomic E-state index is 13.8. The Kier molecular flexibility index (Phi) is 4.11. The van der Waals surface area contributed by atoms with E-state index in [9.17, 15) is 14.0 Å². The van der Waals surface area contributed by atoms with E-state index in [1.165, 1.54) is 12.1 Å². The van der Waals surface area contributed by atoms with Gasteiger partial charge in [-0.3, -0.25) is 9.59 Å². The first kappa shape index (κ1) is 15.0. The molecule has 3 rings (SSSR count). The number of benzene rings is 1. The van der Waals surface area contributed by atoms with Crippen LogP contribution in [-0.2, 0) is 9.53 Å². The van der Waals surface area contributed by atoms with Crippen LogP contribution in [0.15, 0.2) is 24.3 Å². The number of ether oxygens (including phenoxy) is 1. The average Bonchev–Trinajstić information content (AvgIpc) is 3.03. The number of rotatable bonds is 4. The number of halogens is 1. The molecule has 5 nitrogen and oxygen atoms in total. The van der Waals surface area contributed by atoms with E-state index in [0.717, 1.165) is 6.42 Å². The first-order chi connectivity index (χ1) is 10.6. The predicted molar refractivity (Wildman–Crippen MR) is 77.8 cm³/mol. The fraction of sp³-hybridized carbons (Fsp3) is 0.500. The quantitative estimate of drug-likeness (QED) is 0.842. The number of hydrogen-bond donors (Lipinski definition) is 0. The molecule has 0 aliphatic carbocycles. The molecule has 0 unspecified atom stereocenters. The van der Waals surface area contributed by atoms with Crippen molar-refractivity contribution >= 4 is 11.8 Å². The molecule has 0 aromatic heterocycles. The largest absolute Gasteiger partial charge is 0.383 e. The lowest BCUT2D eigenvalue weighted by Gasteiger charge is -2.25. The van der Waals surface area contributed by atoms with Crippen LogP contribution in [0.2, 0.25) is 0 Å². The maximum absolute atomic E-state index is 13.8. The molecule has 2 atom stereocenters. The molecule has 2 fully saturated rings. The van der Waals surface area contributed by atoms with Crippen molar-refractivity contribution in [3.05, 3.63) is 35.6 Å². The zero-order chi connectivity index (χ0) is 15.7. The molecular weight excluding hydrogens is 287 g/mol. The number of hydrogen-bond acceptors (Lipinski definition) is 3. The standard InChI is InChI=1S/C16H19FN2O3/c1-22-9-8-18-13-6-7-19(14(13)10-15(18)20)16(21)11-4-2-3-5-12(11)17/h2-5,13-14H,6-10H2,1H3/t13-,14-/m1/s1. The van der Waals surface area contributed by atoms with Gasteiger partial charge in [-0.25, -0.2) is 4.39 Å². The highest BCUT2D eigenvalue weighted by Gasteiger charge is 2.48. The summed E-state index contributed by atoms with van der Waals surface area (Å²) in [6, 6.07) is 5.85. The molecular formula is C16H19FN2O3. The summed E-state index contributed by atoms with van der Waals surface area (Å²) in [6.07, 6.45) is 1.05. The lowest BCUT2D eigenvalue weighted by atomic mass is 10.1. The van der Waals surface area contributed by atoms with E-state index in [4.69, 9.17) is 4.74 Å². The van der Waals surface area contributed by atoms with Crippen molar-refractivity contribution in [3.63, 3.8) is 0 Å². The third kappa shape index (κ3) is 2.47. The van der Waals surface area contributed by atoms with Gasteiger partial charge in [-0.15, -0.1) is 0 Å². The third-order valence-corrected chi connectivity index (χ3v) is 4.52. The van der Waals surface area contributed by atoms with E-state index in [-0.39, 0.29) is 29.5 Å². The van der Waals surface area contributed by atoms with Gasteiger partial charge in [0.2, 0.25) is 5.91 Å². The zero-order valence-corrected chi connectivity index (χ0v) is 12.5. The van der Waals surface area contributed by atoms with Crippen LogP contribution in [-0.4, -0.2) is 60.5 Å².